The lowest BCUT2D eigenvalue weighted by molar-refractivity contribution is -0.121. The van der Waals surface area contributed by atoms with Gasteiger partial charge in [-0.3, -0.25) is 9.69 Å². The van der Waals surface area contributed by atoms with Gasteiger partial charge in [0.2, 0.25) is 0 Å². The van der Waals surface area contributed by atoms with E-state index in [4.69, 9.17) is 15.2 Å². The van der Waals surface area contributed by atoms with Crippen molar-refractivity contribution < 1.29 is 23.5 Å². The summed E-state index contributed by atoms with van der Waals surface area (Å²) in [7, 11) is 1.35. The van der Waals surface area contributed by atoms with Crippen molar-refractivity contribution in [2.24, 2.45) is 0 Å². The zero-order valence-corrected chi connectivity index (χ0v) is 16.1. The number of nitrogen functional groups attached to an aromatic ring is 1. The second-order valence-corrected chi connectivity index (χ2v) is 6.76. The van der Waals surface area contributed by atoms with Gasteiger partial charge in [-0.1, -0.05) is 23.5 Å². The number of para-hydroxylation sites is 1. The minimum absolute atomic E-state index is 0.0561. The molecule has 0 aliphatic carbocycles. The summed E-state index contributed by atoms with van der Waals surface area (Å²) in [5.41, 5.74) is 6.07. The summed E-state index contributed by atoms with van der Waals surface area (Å²) in [5.74, 6) is -2.15. The summed E-state index contributed by atoms with van der Waals surface area (Å²) in [5, 5.41) is 0.505. The number of benzene rings is 2. The lowest BCUT2D eigenvalue weighted by Gasteiger charge is -2.17. The van der Waals surface area contributed by atoms with E-state index in [9.17, 15) is 14.0 Å². The minimum atomic E-state index is -0.982. The SMILES string of the molecule is CCN(C(=O)COC(=O)c1cc(OC)c(N)cc1F)c1nc2ccccc2s1. The number of halogens is 1. The summed E-state index contributed by atoms with van der Waals surface area (Å²) < 4.78 is 24.9. The van der Waals surface area contributed by atoms with Crippen LogP contribution in [0.25, 0.3) is 10.2 Å². The normalized spacial score (nSPS) is 10.7. The van der Waals surface area contributed by atoms with E-state index >= 15 is 0 Å². The van der Waals surface area contributed by atoms with Gasteiger partial charge >= 0.3 is 5.97 Å². The molecule has 1 aromatic heterocycles. The van der Waals surface area contributed by atoms with Crippen LogP contribution in [0.2, 0.25) is 0 Å². The molecule has 2 aromatic carbocycles. The maximum Gasteiger partial charge on any atom is 0.341 e. The molecular weight excluding hydrogens is 385 g/mol. The fourth-order valence-electron chi connectivity index (χ4n) is 2.58. The van der Waals surface area contributed by atoms with Gasteiger partial charge in [0.25, 0.3) is 5.91 Å². The molecule has 7 nitrogen and oxygen atoms in total. The molecule has 9 heteroatoms. The largest absolute Gasteiger partial charge is 0.495 e. The fourth-order valence-corrected chi connectivity index (χ4v) is 3.63. The van der Waals surface area contributed by atoms with Crippen LogP contribution in [0.1, 0.15) is 17.3 Å². The van der Waals surface area contributed by atoms with Crippen LogP contribution >= 0.6 is 11.3 Å². The third-order valence-corrected chi connectivity index (χ3v) is 5.06. The number of rotatable bonds is 6. The van der Waals surface area contributed by atoms with E-state index in [-0.39, 0.29) is 17.0 Å². The number of anilines is 2. The third-order valence-electron chi connectivity index (χ3n) is 4.00. The van der Waals surface area contributed by atoms with E-state index in [0.29, 0.717) is 11.7 Å². The number of carbonyl (C=O) groups excluding carboxylic acids is 2. The molecule has 2 N–H and O–H groups in total. The number of nitrogens with zero attached hydrogens (tertiary/aromatic N) is 2. The van der Waals surface area contributed by atoms with Crippen LogP contribution in [0.4, 0.5) is 15.2 Å². The highest BCUT2D eigenvalue weighted by atomic mass is 32.1. The third kappa shape index (κ3) is 3.89. The molecule has 0 bridgehead atoms. The Morgan fingerprint density at radius 3 is 2.71 bits per heavy atom. The van der Waals surface area contributed by atoms with E-state index in [2.05, 4.69) is 4.98 Å². The first-order valence-corrected chi connectivity index (χ1v) is 9.22. The number of hydrogen-bond donors (Lipinski definition) is 1. The summed E-state index contributed by atoms with van der Waals surface area (Å²) >= 11 is 1.36. The number of carbonyl (C=O) groups is 2. The molecule has 0 aliphatic heterocycles. The van der Waals surface area contributed by atoms with Crippen molar-refractivity contribution in [3.63, 3.8) is 0 Å². The number of likely N-dealkylation sites (N-methyl/N-ethyl adjacent to an activating group) is 1. The molecule has 0 aliphatic rings. The van der Waals surface area contributed by atoms with Gasteiger partial charge in [-0.15, -0.1) is 0 Å². The van der Waals surface area contributed by atoms with Crippen molar-refractivity contribution in [3.05, 3.63) is 47.8 Å². The quantitative estimate of drug-likeness (QED) is 0.502. The number of amides is 1. The molecule has 0 saturated heterocycles. The summed E-state index contributed by atoms with van der Waals surface area (Å²) in [6.45, 7) is 1.59. The first-order chi connectivity index (χ1) is 13.4. The number of nitrogens with two attached hydrogens (primary N) is 1. The first-order valence-electron chi connectivity index (χ1n) is 8.40. The Kier molecular flexibility index (Phi) is 5.74. The second-order valence-electron chi connectivity index (χ2n) is 5.75. The number of aromatic nitrogens is 1. The van der Waals surface area contributed by atoms with Gasteiger partial charge in [0.15, 0.2) is 11.7 Å². The highest BCUT2D eigenvalue weighted by molar-refractivity contribution is 7.22. The highest BCUT2D eigenvalue weighted by Gasteiger charge is 2.22. The molecule has 1 heterocycles. The highest BCUT2D eigenvalue weighted by Crippen LogP contribution is 2.29. The molecule has 0 radical (unpaired) electrons. The number of ether oxygens (including phenoxy) is 2. The zero-order chi connectivity index (χ0) is 20.3. The molecule has 28 heavy (non-hydrogen) atoms. The number of fused-ring (bicyclic) bond motifs is 1. The van der Waals surface area contributed by atoms with Gasteiger partial charge in [0, 0.05) is 12.6 Å². The van der Waals surface area contributed by atoms with Gasteiger partial charge in [-0.25, -0.2) is 14.2 Å². The number of methoxy groups -OCH3 is 1. The van der Waals surface area contributed by atoms with E-state index in [1.165, 1.54) is 23.3 Å². The number of hydrogen-bond acceptors (Lipinski definition) is 7. The summed E-state index contributed by atoms with van der Waals surface area (Å²) in [6.07, 6.45) is 0. The van der Waals surface area contributed by atoms with E-state index in [0.717, 1.165) is 22.3 Å². The first kappa shape index (κ1) is 19.6. The number of thiazole rings is 1. The average Bonchev–Trinajstić information content (AvgIpc) is 3.10. The lowest BCUT2D eigenvalue weighted by atomic mass is 10.2. The topological polar surface area (TPSA) is 94.8 Å². The maximum absolute atomic E-state index is 14.0. The molecule has 3 rings (SSSR count). The van der Waals surface area contributed by atoms with E-state index in [1.807, 2.05) is 24.3 Å². The Hall–Kier alpha value is -3.20. The molecule has 0 atom stereocenters. The molecule has 0 unspecified atom stereocenters. The van der Waals surface area contributed by atoms with Crippen molar-refractivity contribution >= 4 is 44.2 Å². The van der Waals surface area contributed by atoms with Crippen LogP contribution in [-0.2, 0) is 9.53 Å². The monoisotopic (exact) mass is 403 g/mol. The van der Waals surface area contributed by atoms with Crippen LogP contribution in [0.5, 0.6) is 5.75 Å². The average molecular weight is 403 g/mol. The standard InChI is InChI=1S/C19H18FN3O4S/c1-3-23(19-22-14-6-4-5-7-16(14)28-19)17(24)10-27-18(25)11-8-15(26-2)13(21)9-12(11)20/h4-9H,3,10,21H2,1-2H3. The smallest absolute Gasteiger partial charge is 0.341 e. The number of esters is 1. The Morgan fingerprint density at radius 2 is 2.04 bits per heavy atom. The van der Waals surface area contributed by atoms with Crippen LogP contribution in [-0.4, -0.2) is 37.1 Å². The lowest BCUT2D eigenvalue weighted by Crippen LogP contribution is -2.34. The molecule has 0 fully saturated rings. The van der Waals surface area contributed by atoms with E-state index in [1.54, 1.807) is 6.92 Å². The maximum atomic E-state index is 14.0. The van der Waals surface area contributed by atoms with Gasteiger partial charge in [-0.2, -0.15) is 0 Å². The summed E-state index contributed by atoms with van der Waals surface area (Å²) in [4.78, 5) is 30.6. The van der Waals surface area contributed by atoms with Gasteiger partial charge in [0.1, 0.15) is 11.6 Å². The molecule has 146 valence electrons. The molecular formula is C19H18FN3O4S. The summed E-state index contributed by atoms with van der Waals surface area (Å²) in [6, 6.07) is 9.62. The predicted molar refractivity (Wildman–Crippen MR) is 105 cm³/mol. The van der Waals surface area contributed by atoms with Crippen molar-refractivity contribution in [1.29, 1.82) is 0 Å². The Bertz CT molecular complexity index is 1000. The van der Waals surface area contributed by atoms with Crippen LogP contribution in [0, 0.1) is 5.82 Å². The van der Waals surface area contributed by atoms with Crippen molar-refractivity contribution in [3.8, 4) is 5.75 Å². The zero-order valence-electron chi connectivity index (χ0n) is 15.3. The predicted octanol–water partition coefficient (Wildman–Crippen LogP) is 3.24. The van der Waals surface area contributed by atoms with Crippen LogP contribution < -0.4 is 15.4 Å². The molecule has 0 spiro atoms. The van der Waals surface area contributed by atoms with E-state index < -0.39 is 24.3 Å². The minimum Gasteiger partial charge on any atom is -0.495 e. The van der Waals surface area contributed by atoms with Crippen molar-refractivity contribution in [1.82, 2.24) is 4.98 Å². The Morgan fingerprint density at radius 1 is 1.29 bits per heavy atom. The molecule has 1 amide bonds. The van der Waals surface area contributed by atoms with Gasteiger partial charge < -0.3 is 15.2 Å². The molecule has 3 aromatic rings. The van der Waals surface area contributed by atoms with Crippen molar-refractivity contribution in [2.75, 3.05) is 30.9 Å². The van der Waals surface area contributed by atoms with Gasteiger partial charge in [0.05, 0.1) is 28.6 Å². The molecule has 0 saturated carbocycles. The van der Waals surface area contributed by atoms with Crippen LogP contribution in [0.3, 0.4) is 0 Å². The Balaban J connectivity index is 1.72. The van der Waals surface area contributed by atoms with Gasteiger partial charge in [-0.05, 0) is 25.1 Å². The van der Waals surface area contributed by atoms with Crippen LogP contribution in [0.15, 0.2) is 36.4 Å². The fraction of sp³-hybridized carbons (Fsp3) is 0.211. The Labute approximate surface area is 164 Å². The second kappa shape index (κ2) is 8.22. The van der Waals surface area contributed by atoms with Crippen molar-refractivity contribution in [2.45, 2.75) is 6.92 Å².